The lowest BCUT2D eigenvalue weighted by atomic mass is 9.97. The molecule has 0 saturated heterocycles. The van der Waals surface area contributed by atoms with Gasteiger partial charge in [0.25, 0.3) is 5.91 Å². The molecular weight excluding hydrogens is 292 g/mol. The van der Waals surface area contributed by atoms with E-state index in [4.69, 9.17) is 11.0 Å². The number of primary amides is 1. The van der Waals surface area contributed by atoms with Gasteiger partial charge in [0, 0.05) is 34.0 Å². The van der Waals surface area contributed by atoms with Crippen LogP contribution < -0.4 is 11.1 Å². The smallest absolute Gasteiger partial charge is 0.269 e. The Morgan fingerprint density at radius 1 is 1.35 bits per heavy atom. The van der Waals surface area contributed by atoms with Crippen molar-refractivity contribution in [3.63, 3.8) is 0 Å². The van der Waals surface area contributed by atoms with Crippen LogP contribution in [0.1, 0.15) is 28.5 Å². The van der Waals surface area contributed by atoms with E-state index in [0.29, 0.717) is 11.2 Å². The number of amides is 1. The number of nitrogens with zero attached hydrogens (tertiary/aromatic N) is 3. The molecule has 1 unspecified atom stereocenters. The lowest BCUT2D eigenvalue weighted by Gasteiger charge is -2.15. The monoisotopic (exact) mass is 304 g/mol. The number of aromatic amines is 1. The predicted molar refractivity (Wildman–Crippen MR) is 84.4 cm³/mol. The molecule has 4 N–H and O–H groups in total. The summed E-state index contributed by atoms with van der Waals surface area (Å²) in [7, 11) is 0. The van der Waals surface area contributed by atoms with E-state index in [9.17, 15) is 4.79 Å². The Bertz CT molecular complexity index is 984. The van der Waals surface area contributed by atoms with Gasteiger partial charge >= 0.3 is 0 Å². The van der Waals surface area contributed by atoms with Crippen molar-refractivity contribution < 1.29 is 4.79 Å². The number of carbonyl (C=O) groups is 1. The first-order valence-corrected chi connectivity index (χ1v) is 7.11. The van der Waals surface area contributed by atoms with E-state index in [0.717, 1.165) is 22.2 Å². The highest BCUT2D eigenvalue weighted by atomic mass is 16.1. The Balaban J connectivity index is 2.16. The zero-order chi connectivity index (χ0) is 16.0. The van der Waals surface area contributed by atoms with Crippen LogP contribution in [0.2, 0.25) is 0 Å². The molecule has 0 bridgehead atoms. The molecule has 1 aliphatic heterocycles. The van der Waals surface area contributed by atoms with Gasteiger partial charge in [-0.25, -0.2) is 0 Å². The van der Waals surface area contributed by atoms with Crippen molar-refractivity contribution in [2.75, 3.05) is 5.32 Å². The minimum Gasteiger partial charge on any atom is -0.377 e. The number of nitriles is 1. The van der Waals surface area contributed by atoms with Crippen LogP contribution in [0.3, 0.4) is 0 Å². The van der Waals surface area contributed by atoms with Crippen molar-refractivity contribution in [3.05, 3.63) is 41.7 Å². The Hall–Kier alpha value is -3.40. The molecule has 23 heavy (non-hydrogen) atoms. The predicted octanol–water partition coefficient (Wildman–Crippen LogP) is 2.10. The molecular formula is C16H12N6O. The highest BCUT2D eigenvalue weighted by Gasteiger charge is 2.28. The Morgan fingerprint density at radius 3 is 2.96 bits per heavy atom. The third-order valence-electron chi connectivity index (χ3n) is 4.06. The van der Waals surface area contributed by atoms with E-state index < -0.39 is 5.91 Å². The van der Waals surface area contributed by atoms with Crippen molar-refractivity contribution in [3.8, 4) is 17.2 Å². The summed E-state index contributed by atoms with van der Waals surface area (Å²) in [6, 6.07) is 9.57. The Morgan fingerprint density at radius 2 is 2.17 bits per heavy atom. The van der Waals surface area contributed by atoms with Gasteiger partial charge in [0.2, 0.25) is 0 Å². The summed E-state index contributed by atoms with van der Waals surface area (Å²) in [5.74, 6) is -0.630. The van der Waals surface area contributed by atoms with Gasteiger partial charge in [-0.2, -0.15) is 5.26 Å². The topological polar surface area (TPSA) is 120 Å². The molecule has 0 aliphatic carbocycles. The van der Waals surface area contributed by atoms with Crippen LogP contribution in [0, 0.1) is 11.3 Å². The number of para-hydroxylation sites is 1. The summed E-state index contributed by atoms with van der Waals surface area (Å²) in [5.41, 5.74) is 9.39. The average Bonchev–Trinajstić information content (AvgIpc) is 2.92. The Labute approximate surface area is 131 Å². The van der Waals surface area contributed by atoms with Gasteiger partial charge in [0.05, 0.1) is 18.5 Å². The molecule has 1 aliphatic rings. The molecule has 2 aromatic heterocycles. The fraction of sp³-hybridized carbons (Fsp3) is 0.125. The van der Waals surface area contributed by atoms with Gasteiger partial charge in [-0.3, -0.25) is 4.79 Å². The zero-order valence-electron chi connectivity index (χ0n) is 12.0. The minimum absolute atomic E-state index is 0.130. The summed E-state index contributed by atoms with van der Waals surface area (Å²) in [6.45, 7) is 0. The molecule has 1 aromatic carbocycles. The number of anilines is 1. The van der Waals surface area contributed by atoms with Crippen molar-refractivity contribution in [1.29, 1.82) is 5.26 Å². The van der Waals surface area contributed by atoms with Crippen molar-refractivity contribution in [2.24, 2.45) is 5.73 Å². The minimum atomic E-state index is -0.630. The lowest BCUT2D eigenvalue weighted by molar-refractivity contribution is 0.0995. The molecule has 1 amide bonds. The number of hydrogen-bond donors (Lipinski definition) is 3. The molecule has 7 nitrogen and oxygen atoms in total. The second kappa shape index (κ2) is 4.81. The van der Waals surface area contributed by atoms with Gasteiger partial charge in [0.15, 0.2) is 11.3 Å². The number of rotatable bonds is 2. The van der Waals surface area contributed by atoms with Crippen LogP contribution in [-0.2, 0) is 0 Å². The van der Waals surface area contributed by atoms with Crippen LogP contribution in [0.4, 0.5) is 5.69 Å². The van der Waals surface area contributed by atoms with Gasteiger partial charge < -0.3 is 16.0 Å². The van der Waals surface area contributed by atoms with Crippen molar-refractivity contribution in [1.82, 2.24) is 15.2 Å². The van der Waals surface area contributed by atoms with E-state index in [1.165, 1.54) is 0 Å². The lowest BCUT2D eigenvalue weighted by Crippen LogP contribution is -2.15. The third kappa shape index (κ3) is 1.85. The van der Waals surface area contributed by atoms with Crippen LogP contribution in [0.25, 0.3) is 22.2 Å². The molecule has 3 heterocycles. The fourth-order valence-corrected chi connectivity index (χ4v) is 3.09. The number of benzene rings is 1. The van der Waals surface area contributed by atoms with E-state index >= 15 is 0 Å². The second-order valence-electron chi connectivity index (χ2n) is 5.36. The average molecular weight is 304 g/mol. The van der Waals surface area contributed by atoms with Gasteiger partial charge in [-0.1, -0.05) is 18.2 Å². The second-order valence-corrected chi connectivity index (χ2v) is 5.36. The molecule has 4 rings (SSSR count). The molecule has 0 radical (unpaired) electrons. The van der Waals surface area contributed by atoms with E-state index in [1.54, 1.807) is 6.20 Å². The van der Waals surface area contributed by atoms with Crippen molar-refractivity contribution in [2.45, 2.75) is 12.5 Å². The van der Waals surface area contributed by atoms with E-state index in [1.807, 2.05) is 24.3 Å². The highest BCUT2D eigenvalue weighted by Crippen LogP contribution is 2.43. The number of H-pyrrole nitrogens is 1. The van der Waals surface area contributed by atoms with Gasteiger partial charge in [-0.05, 0) is 6.07 Å². The summed E-state index contributed by atoms with van der Waals surface area (Å²) < 4.78 is 0. The molecule has 0 fully saturated rings. The summed E-state index contributed by atoms with van der Waals surface area (Å²) >= 11 is 0. The number of nitrogens with one attached hydrogen (secondary N) is 2. The number of nitrogens with two attached hydrogens (primary N) is 1. The number of carbonyl (C=O) groups excluding carboxylic acids is 1. The standard InChI is InChI=1S/C16H12N6O/c17-6-5-11-9-7-19-16-13(9)12(14(15(18)23)21-22-16)8-3-1-2-4-10(8)20-11/h1-4,7,11,20H,5H2,(H2,18,23)(H,19,22). The quantitative estimate of drug-likeness (QED) is 0.669. The molecule has 7 heteroatoms. The van der Waals surface area contributed by atoms with E-state index in [-0.39, 0.29) is 18.2 Å². The summed E-state index contributed by atoms with van der Waals surface area (Å²) in [6.07, 6.45) is 2.09. The molecule has 3 aromatic rings. The van der Waals surface area contributed by atoms with Crippen LogP contribution >= 0.6 is 0 Å². The first kappa shape index (κ1) is 13.3. The Kier molecular flexibility index (Phi) is 2.78. The maximum Gasteiger partial charge on any atom is 0.269 e. The SMILES string of the molecule is N#CCC1Nc2ccccc2-c2c(C(N)=O)nnc3[nH]cc1c23. The number of aromatic nitrogens is 3. The maximum absolute atomic E-state index is 11.8. The highest BCUT2D eigenvalue weighted by molar-refractivity contribution is 6.09. The van der Waals surface area contributed by atoms with Crippen LogP contribution in [0.5, 0.6) is 0 Å². The molecule has 0 saturated carbocycles. The van der Waals surface area contributed by atoms with Crippen molar-refractivity contribution >= 4 is 22.6 Å². The first-order chi connectivity index (χ1) is 11.2. The van der Waals surface area contributed by atoms with Crippen LogP contribution in [-0.4, -0.2) is 21.1 Å². The normalized spacial score (nSPS) is 15.3. The first-order valence-electron chi connectivity index (χ1n) is 7.11. The van der Waals surface area contributed by atoms with Crippen LogP contribution in [0.15, 0.2) is 30.5 Å². The maximum atomic E-state index is 11.8. The fourth-order valence-electron chi connectivity index (χ4n) is 3.09. The molecule has 0 spiro atoms. The van der Waals surface area contributed by atoms with E-state index in [2.05, 4.69) is 26.6 Å². The van der Waals surface area contributed by atoms with Gasteiger partial charge in [0.1, 0.15) is 0 Å². The van der Waals surface area contributed by atoms with Gasteiger partial charge in [-0.15, -0.1) is 10.2 Å². The number of hydrogen-bond acceptors (Lipinski definition) is 5. The zero-order valence-corrected chi connectivity index (χ0v) is 12.0. The number of fused-ring (bicyclic) bond motifs is 2. The third-order valence-corrected chi connectivity index (χ3v) is 4.06. The largest absolute Gasteiger partial charge is 0.377 e. The molecule has 112 valence electrons. The summed E-state index contributed by atoms with van der Waals surface area (Å²) in [4.78, 5) is 14.9. The molecule has 1 atom stereocenters. The summed E-state index contributed by atoms with van der Waals surface area (Å²) in [5, 5.41) is 21.3.